The van der Waals surface area contributed by atoms with Crippen LogP contribution in [-0.4, -0.2) is 17.2 Å². The predicted molar refractivity (Wildman–Crippen MR) is 79.8 cm³/mol. The van der Waals surface area contributed by atoms with Gasteiger partial charge in [0.05, 0.1) is 5.69 Å². The lowest BCUT2D eigenvalue weighted by atomic mass is 10.1. The summed E-state index contributed by atoms with van der Waals surface area (Å²) in [6.45, 7) is 4.31. The number of nitriles is 1. The molecule has 4 nitrogen and oxygen atoms in total. The highest BCUT2D eigenvalue weighted by Crippen LogP contribution is 2.23. The molecule has 0 spiro atoms. The SMILES string of the molecule is Cc1nnc(N(C)Cc2ccccc2Cl)c(C#N)c1C. The molecular formula is C15H15ClN4. The van der Waals surface area contributed by atoms with Crippen LogP contribution >= 0.6 is 11.6 Å². The van der Waals surface area contributed by atoms with Gasteiger partial charge in [0.25, 0.3) is 0 Å². The van der Waals surface area contributed by atoms with Gasteiger partial charge in [0.2, 0.25) is 0 Å². The van der Waals surface area contributed by atoms with E-state index in [1.165, 1.54) is 0 Å². The molecular weight excluding hydrogens is 272 g/mol. The van der Waals surface area contributed by atoms with Gasteiger partial charge in [0.15, 0.2) is 5.82 Å². The van der Waals surface area contributed by atoms with E-state index in [1.807, 2.05) is 50.1 Å². The van der Waals surface area contributed by atoms with E-state index in [1.54, 1.807) is 0 Å². The lowest BCUT2D eigenvalue weighted by molar-refractivity contribution is 0.846. The number of aryl methyl sites for hydroxylation is 1. The molecule has 5 heteroatoms. The Bertz CT molecular complexity index is 676. The quantitative estimate of drug-likeness (QED) is 0.869. The smallest absolute Gasteiger partial charge is 0.169 e. The molecule has 0 aliphatic rings. The maximum absolute atomic E-state index is 9.32. The van der Waals surface area contributed by atoms with Crippen LogP contribution in [0.15, 0.2) is 24.3 Å². The van der Waals surface area contributed by atoms with Crippen molar-refractivity contribution < 1.29 is 0 Å². The van der Waals surface area contributed by atoms with E-state index >= 15 is 0 Å². The minimum Gasteiger partial charge on any atom is -0.353 e. The lowest BCUT2D eigenvalue weighted by Gasteiger charge is -2.20. The minimum absolute atomic E-state index is 0.562. The van der Waals surface area contributed by atoms with Gasteiger partial charge < -0.3 is 4.90 Å². The van der Waals surface area contributed by atoms with Gasteiger partial charge in [-0.1, -0.05) is 29.8 Å². The molecule has 0 aliphatic carbocycles. The summed E-state index contributed by atoms with van der Waals surface area (Å²) in [5, 5.41) is 18.3. The number of nitrogens with zero attached hydrogens (tertiary/aromatic N) is 4. The highest BCUT2D eigenvalue weighted by Gasteiger charge is 2.15. The summed E-state index contributed by atoms with van der Waals surface area (Å²) in [7, 11) is 1.88. The number of anilines is 1. The van der Waals surface area contributed by atoms with Crippen LogP contribution in [0.2, 0.25) is 5.02 Å². The molecule has 20 heavy (non-hydrogen) atoms. The van der Waals surface area contributed by atoms with E-state index < -0.39 is 0 Å². The topological polar surface area (TPSA) is 52.8 Å². The third kappa shape index (κ3) is 2.73. The van der Waals surface area contributed by atoms with E-state index in [9.17, 15) is 5.26 Å². The molecule has 0 radical (unpaired) electrons. The van der Waals surface area contributed by atoms with Gasteiger partial charge in [-0.3, -0.25) is 0 Å². The maximum Gasteiger partial charge on any atom is 0.169 e. The highest BCUT2D eigenvalue weighted by molar-refractivity contribution is 6.31. The maximum atomic E-state index is 9.32. The Kier molecular flexibility index (Phi) is 4.21. The number of hydrogen-bond donors (Lipinski definition) is 0. The van der Waals surface area contributed by atoms with E-state index in [2.05, 4.69) is 16.3 Å². The fourth-order valence-corrected chi connectivity index (χ4v) is 2.15. The lowest BCUT2D eigenvalue weighted by Crippen LogP contribution is -2.20. The van der Waals surface area contributed by atoms with Gasteiger partial charge >= 0.3 is 0 Å². The first kappa shape index (κ1) is 14.3. The molecule has 2 rings (SSSR count). The summed E-state index contributed by atoms with van der Waals surface area (Å²) in [5.74, 6) is 0.579. The summed E-state index contributed by atoms with van der Waals surface area (Å²) < 4.78 is 0. The van der Waals surface area contributed by atoms with Gasteiger partial charge in [0.1, 0.15) is 11.6 Å². The van der Waals surface area contributed by atoms with Crippen molar-refractivity contribution in [3.63, 3.8) is 0 Å². The van der Waals surface area contributed by atoms with Crippen molar-refractivity contribution in [2.75, 3.05) is 11.9 Å². The first-order valence-corrected chi connectivity index (χ1v) is 6.61. The van der Waals surface area contributed by atoms with Gasteiger partial charge in [-0.15, -0.1) is 5.10 Å². The van der Waals surface area contributed by atoms with Crippen molar-refractivity contribution in [2.24, 2.45) is 0 Å². The second kappa shape index (κ2) is 5.89. The van der Waals surface area contributed by atoms with E-state index in [0.29, 0.717) is 22.9 Å². The third-order valence-corrected chi connectivity index (χ3v) is 3.64. The van der Waals surface area contributed by atoms with Crippen LogP contribution in [-0.2, 0) is 6.54 Å². The van der Waals surface area contributed by atoms with Crippen molar-refractivity contribution in [1.29, 1.82) is 5.26 Å². The first-order chi connectivity index (χ1) is 9.54. The second-order valence-corrected chi connectivity index (χ2v) is 5.08. The fraction of sp³-hybridized carbons (Fsp3) is 0.267. The monoisotopic (exact) mass is 286 g/mol. The number of hydrogen-bond acceptors (Lipinski definition) is 4. The molecule has 0 unspecified atom stereocenters. The highest BCUT2D eigenvalue weighted by atomic mass is 35.5. The van der Waals surface area contributed by atoms with Gasteiger partial charge in [-0.05, 0) is 31.0 Å². The molecule has 1 aromatic carbocycles. The zero-order chi connectivity index (χ0) is 14.7. The summed E-state index contributed by atoms with van der Waals surface area (Å²) in [4.78, 5) is 1.89. The summed E-state index contributed by atoms with van der Waals surface area (Å²) in [5.41, 5.74) is 3.19. The van der Waals surface area contributed by atoms with Crippen molar-refractivity contribution in [1.82, 2.24) is 10.2 Å². The van der Waals surface area contributed by atoms with Crippen LogP contribution in [0.5, 0.6) is 0 Å². The Balaban J connectivity index is 2.36. The molecule has 0 bridgehead atoms. The van der Waals surface area contributed by atoms with Crippen molar-refractivity contribution in [2.45, 2.75) is 20.4 Å². The molecule has 0 fully saturated rings. The fourth-order valence-electron chi connectivity index (χ4n) is 1.95. The van der Waals surface area contributed by atoms with Crippen LogP contribution in [0.4, 0.5) is 5.82 Å². The van der Waals surface area contributed by atoms with Crippen LogP contribution in [0.1, 0.15) is 22.4 Å². The molecule has 2 aromatic rings. The molecule has 0 N–H and O–H groups in total. The number of benzene rings is 1. The summed E-state index contributed by atoms with van der Waals surface area (Å²) >= 11 is 6.16. The average molecular weight is 287 g/mol. The summed E-state index contributed by atoms with van der Waals surface area (Å²) in [6, 6.07) is 9.84. The molecule has 1 heterocycles. The average Bonchev–Trinajstić information content (AvgIpc) is 2.44. The van der Waals surface area contributed by atoms with Crippen molar-refractivity contribution in [3.8, 4) is 6.07 Å². The summed E-state index contributed by atoms with van der Waals surface area (Å²) in [6.07, 6.45) is 0. The van der Waals surface area contributed by atoms with Gasteiger partial charge in [0, 0.05) is 18.6 Å². The van der Waals surface area contributed by atoms with Crippen molar-refractivity contribution in [3.05, 3.63) is 51.7 Å². The van der Waals surface area contributed by atoms with Crippen molar-refractivity contribution >= 4 is 17.4 Å². The van der Waals surface area contributed by atoms with Gasteiger partial charge in [-0.25, -0.2) is 0 Å². The molecule has 0 atom stereocenters. The molecule has 0 amide bonds. The largest absolute Gasteiger partial charge is 0.353 e. The normalized spacial score (nSPS) is 10.2. The van der Waals surface area contributed by atoms with Gasteiger partial charge in [-0.2, -0.15) is 10.4 Å². The van der Waals surface area contributed by atoms with Crippen LogP contribution in [0.25, 0.3) is 0 Å². The molecule has 102 valence electrons. The van der Waals surface area contributed by atoms with E-state index in [-0.39, 0.29) is 0 Å². The Labute approximate surface area is 123 Å². The Morgan fingerprint density at radius 3 is 2.60 bits per heavy atom. The van der Waals surface area contributed by atoms with Crippen LogP contribution in [0, 0.1) is 25.2 Å². The third-order valence-electron chi connectivity index (χ3n) is 3.27. The predicted octanol–water partition coefficient (Wildman–Crippen LogP) is 3.25. The number of aromatic nitrogens is 2. The number of rotatable bonds is 3. The molecule has 0 saturated carbocycles. The Morgan fingerprint density at radius 1 is 1.25 bits per heavy atom. The zero-order valence-electron chi connectivity index (χ0n) is 11.7. The Hall–Kier alpha value is -2.12. The second-order valence-electron chi connectivity index (χ2n) is 4.67. The van der Waals surface area contributed by atoms with E-state index in [4.69, 9.17) is 11.6 Å². The first-order valence-electron chi connectivity index (χ1n) is 6.23. The van der Waals surface area contributed by atoms with E-state index in [0.717, 1.165) is 16.8 Å². The van der Waals surface area contributed by atoms with Crippen LogP contribution in [0.3, 0.4) is 0 Å². The molecule has 1 aromatic heterocycles. The van der Waals surface area contributed by atoms with Crippen LogP contribution < -0.4 is 4.90 Å². The molecule has 0 aliphatic heterocycles. The Morgan fingerprint density at radius 2 is 1.95 bits per heavy atom. The number of halogens is 1. The zero-order valence-corrected chi connectivity index (χ0v) is 12.4. The standard InChI is InChI=1S/C15H15ClN4/c1-10-11(2)18-19-15(13(10)8-17)20(3)9-12-6-4-5-7-14(12)16/h4-7H,9H2,1-3H3. The molecule has 0 saturated heterocycles. The minimum atomic E-state index is 0.562.